The summed E-state index contributed by atoms with van der Waals surface area (Å²) in [4.78, 5) is 0. The van der Waals surface area contributed by atoms with Crippen LogP contribution >= 0.6 is 11.3 Å². The fourth-order valence-corrected chi connectivity index (χ4v) is 1.90. The maximum Gasteiger partial charge on any atom is 0.234 e. The van der Waals surface area contributed by atoms with Crippen molar-refractivity contribution in [3.63, 3.8) is 0 Å². The van der Waals surface area contributed by atoms with Crippen LogP contribution in [0.2, 0.25) is 0 Å². The van der Waals surface area contributed by atoms with Gasteiger partial charge in [-0.2, -0.15) is 4.68 Å². The van der Waals surface area contributed by atoms with E-state index in [9.17, 15) is 0 Å². The van der Waals surface area contributed by atoms with Crippen LogP contribution in [-0.2, 0) is 6.61 Å². The average molecular weight is 225 g/mol. The molecule has 0 spiro atoms. The van der Waals surface area contributed by atoms with Crippen molar-refractivity contribution in [2.24, 2.45) is 0 Å². The van der Waals surface area contributed by atoms with Gasteiger partial charge in [-0.15, -0.1) is 15.3 Å². The molecule has 6 nitrogen and oxygen atoms in total. The zero-order chi connectivity index (χ0) is 10.8. The maximum absolute atomic E-state index is 9.04. The summed E-state index contributed by atoms with van der Waals surface area (Å²) >= 11 is 1.46. The minimum atomic E-state index is -0.108. The Morgan fingerprint density at radius 3 is 2.87 bits per heavy atom. The largest absolute Gasteiger partial charge is 0.390 e. The zero-order valence-corrected chi connectivity index (χ0v) is 9.27. The van der Waals surface area contributed by atoms with Gasteiger partial charge in [-0.05, 0) is 0 Å². The summed E-state index contributed by atoms with van der Waals surface area (Å²) in [5.74, 6) is 0.345. The van der Waals surface area contributed by atoms with E-state index in [1.165, 1.54) is 22.2 Å². The van der Waals surface area contributed by atoms with Crippen LogP contribution < -0.4 is 0 Å². The zero-order valence-electron chi connectivity index (χ0n) is 8.45. The van der Waals surface area contributed by atoms with Gasteiger partial charge in [0.15, 0.2) is 0 Å². The van der Waals surface area contributed by atoms with Crippen LogP contribution in [0.5, 0.6) is 0 Å². The number of rotatable bonds is 3. The van der Waals surface area contributed by atoms with Crippen molar-refractivity contribution < 1.29 is 5.11 Å². The summed E-state index contributed by atoms with van der Waals surface area (Å²) in [6.45, 7) is 4.00. The molecule has 2 aromatic heterocycles. The quantitative estimate of drug-likeness (QED) is 0.833. The van der Waals surface area contributed by atoms with Crippen LogP contribution in [0.1, 0.15) is 30.5 Å². The highest BCUT2D eigenvalue weighted by molar-refractivity contribution is 7.13. The molecule has 7 heteroatoms. The molecular formula is C8H11N5OS. The molecule has 1 N–H and O–H groups in total. The Morgan fingerprint density at radius 1 is 1.47 bits per heavy atom. The lowest BCUT2D eigenvalue weighted by Crippen LogP contribution is -2.01. The average Bonchev–Trinajstić information content (AvgIpc) is 2.85. The standard InChI is InChI=1S/C8H11N5OS/c1-5(2)7-10-11-8(15-7)13-6(4-14)3-9-12-13/h3,5,14H,4H2,1-2H3. The molecule has 0 radical (unpaired) electrons. The Balaban J connectivity index is 2.37. The monoisotopic (exact) mass is 225 g/mol. The summed E-state index contributed by atoms with van der Waals surface area (Å²) < 4.78 is 1.50. The van der Waals surface area contributed by atoms with Crippen molar-refractivity contribution in [3.05, 3.63) is 16.9 Å². The van der Waals surface area contributed by atoms with Crippen LogP contribution in [0.15, 0.2) is 6.20 Å². The molecule has 0 aliphatic heterocycles. The molecule has 0 aromatic carbocycles. The minimum Gasteiger partial charge on any atom is -0.390 e. The molecule has 0 atom stereocenters. The van der Waals surface area contributed by atoms with Crippen molar-refractivity contribution in [1.82, 2.24) is 25.2 Å². The van der Waals surface area contributed by atoms with E-state index >= 15 is 0 Å². The molecule has 0 amide bonds. The van der Waals surface area contributed by atoms with Crippen molar-refractivity contribution >= 4 is 11.3 Å². The van der Waals surface area contributed by atoms with Gasteiger partial charge in [0.05, 0.1) is 18.5 Å². The van der Waals surface area contributed by atoms with E-state index in [1.54, 1.807) is 0 Å². The smallest absolute Gasteiger partial charge is 0.234 e. The molecule has 80 valence electrons. The van der Waals surface area contributed by atoms with Crippen LogP contribution in [0.25, 0.3) is 5.13 Å². The molecule has 0 saturated heterocycles. The van der Waals surface area contributed by atoms with Crippen molar-refractivity contribution in [3.8, 4) is 5.13 Å². The van der Waals surface area contributed by atoms with E-state index in [0.717, 1.165) is 5.01 Å². The number of aromatic nitrogens is 5. The van der Waals surface area contributed by atoms with Crippen LogP contribution in [0.3, 0.4) is 0 Å². The first-order valence-electron chi connectivity index (χ1n) is 4.56. The second-order valence-electron chi connectivity index (χ2n) is 3.37. The highest BCUT2D eigenvalue weighted by atomic mass is 32.1. The Bertz CT molecular complexity index is 449. The third-order valence-electron chi connectivity index (χ3n) is 1.89. The van der Waals surface area contributed by atoms with Gasteiger partial charge in [-0.25, -0.2) is 0 Å². The number of nitrogens with zero attached hydrogens (tertiary/aromatic N) is 5. The summed E-state index contributed by atoms with van der Waals surface area (Å²) in [6.07, 6.45) is 1.51. The molecule has 0 aliphatic rings. The SMILES string of the molecule is CC(C)c1nnc(-n2nncc2CO)s1. The van der Waals surface area contributed by atoms with E-state index in [2.05, 4.69) is 34.4 Å². The fourth-order valence-electron chi connectivity index (χ4n) is 1.07. The van der Waals surface area contributed by atoms with E-state index in [1.807, 2.05) is 0 Å². The Kier molecular flexibility index (Phi) is 2.74. The second kappa shape index (κ2) is 4.03. The van der Waals surface area contributed by atoms with Gasteiger partial charge in [0.1, 0.15) is 5.01 Å². The Morgan fingerprint density at radius 2 is 2.27 bits per heavy atom. The molecule has 15 heavy (non-hydrogen) atoms. The number of aliphatic hydroxyl groups excluding tert-OH is 1. The van der Waals surface area contributed by atoms with Gasteiger partial charge >= 0.3 is 0 Å². The Hall–Kier alpha value is -1.34. The first-order valence-corrected chi connectivity index (χ1v) is 5.38. The molecular weight excluding hydrogens is 214 g/mol. The molecule has 2 aromatic rings. The topological polar surface area (TPSA) is 76.7 Å². The minimum absolute atomic E-state index is 0.108. The molecule has 0 saturated carbocycles. The molecule has 2 rings (SSSR count). The fraction of sp³-hybridized carbons (Fsp3) is 0.500. The lowest BCUT2D eigenvalue weighted by atomic mass is 10.2. The van der Waals surface area contributed by atoms with E-state index in [0.29, 0.717) is 16.7 Å². The van der Waals surface area contributed by atoms with Crippen LogP contribution in [-0.4, -0.2) is 30.3 Å². The number of aliphatic hydroxyl groups is 1. The van der Waals surface area contributed by atoms with Crippen molar-refractivity contribution in [2.75, 3.05) is 0 Å². The lowest BCUT2D eigenvalue weighted by Gasteiger charge is -1.97. The Labute approximate surface area is 90.6 Å². The van der Waals surface area contributed by atoms with Gasteiger partial charge in [0.2, 0.25) is 5.13 Å². The third kappa shape index (κ3) is 1.88. The van der Waals surface area contributed by atoms with Gasteiger partial charge in [-0.1, -0.05) is 30.4 Å². The molecule has 0 aliphatic carbocycles. The summed E-state index contributed by atoms with van der Waals surface area (Å²) in [7, 11) is 0. The normalized spacial score (nSPS) is 11.2. The summed E-state index contributed by atoms with van der Waals surface area (Å²) in [5, 5.41) is 26.2. The first kappa shape index (κ1) is 10.2. The van der Waals surface area contributed by atoms with Gasteiger partial charge in [0.25, 0.3) is 0 Å². The predicted octanol–water partition coefficient (Wildman–Crippen LogP) is 0.735. The third-order valence-corrected chi connectivity index (χ3v) is 3.09. The van der Waals surface area contributed by atoms with Gasteiger partial charge in [-0.3, -0.25) is 0 Å². The second-order valence-corrected chi connectivity index (χ2v) is 4.36. The highest BCUT2D eigenvalue weighted by Gasteiger charge is 2.12. The number of hydrogen-bond acceptors (Lipinski definition) is 6. The summed E-state index contributed by atoms with van der Waals surface area (Å²) in [5.41, 5.74) is 0.612. The van der Waals surface area contributed by atoms with E-state index in [4.69, 9.17) is 5.11 Å². The molecule has 0 unspecified atom stereocenters. The maximum atomic E-state index is 9.04. The van der Waals surface area contributed by atoms with Crippen molar-refractivity contribution in [2.45, 2.75) is 26.4 Å². The van der Waals surface area contributed by atoms with E-state index < -0.39 is 0 Å². The lowest BCUT2D eigenvalue weighted by molar-refractivity contribution is 0.273. The molecule has 0 bridgehead atoms. The van der Waals surface area contributed by atoms with Gasteiger partial charge in [0, 0.05) is 5.92 Å². The number of hydrogen-bond donors (Lipinski definition) is 1. The van der Waals surface area contributed by atoms with Gasteiger partial charge < -0.3 is 5.11 Å². The summed E-state index contributed by atoms with van der Waals surface area (Å²) in [6, 6.07) is 0. The predicted molar refractivity (Wildman–Crippen MR) is 54.8 cm³/mol. The van der Waals surface area contributed by atoms with Crippen molar-refractivity contribution in [1.29, 1.82) is 0 Å². The molecule has 2 heterocycles. The highest BCUT2D eigenvalue weighted by Crippen LogP contribution is 2.21. The first-order chi connectivity index (χ1) is 7.22. The van der Waals surface area contributed by atoms with Crippen LogP contribution in [0.4, 0.5) is 0 Å². The van der Waals surface area contributed by atoms with E-state index in [-0.39, 0.29) is 6.61 Å². The molecule has 0 fully saturated rings. The van der Waals surface area contributed by atoms with Crippen LogP contribution in [0, 0.1) is 0 Å².